The number of carbonyl (C=O) groups is 1. The van der Waals surface area contributed by atoms with E-state index in [0.717, 1.165) is 18.4 Å². The van der Waals surface area contributed by atoms with Crippen LogP contribution in [0.3, 0.4) is 0 Å². The van der Waals surface area contributed by atoms with E-state index in [0.29, 0.717) is 18.8 Å². The summed E-state index contributed by atoms with van der Waals surface area (Å²) in [6.45, 7) is 10.8. The highest BCUT2D eigenvalue weighted by Gasteiger charge is 2.01. The Hall–Kier alpha value is -1.09. The second-order valence-electron chi connectivity index (χ2n) is 6.46. The van der Waals surface area contributed by atoms with Crippen molar-refractivity contribution in [2.24, 2.45) is 0 Å². The highest BCUT2D eigenvalue weighted by Crippen LogP contribution is 2.13. The molecule has 1 atom stereocenters. The van der Waals surface area contributed by atoms with E-state index in [4.69, 9.17) is 10.8 Å². The summed E-state index contributed by atoms with van der Waals surface area (Å²) in [6.07, 6.45) is 14.3. The van der Waals surface area contributed by atoms with E-state index in [9.17, 15) is 4.79 Å². The van der Waals surface area contributed by atoms with Crippen LogP contribution >= 0.6 is 0 Å². The summed E-state index contributed by atoms with van der Waals surface area (Å²) in [4.78, 5) is 10.8. The molecule has 0 amide bonds. The third kappa shape index (κ3) is 17.3. The summed E-state index contributed by atoms with van der Waals surface area (Å²) in [5.41, 5.74) is 0.817. The molecule has 0 aromatic carbocycles. The van der Waals surface area contributed by atoms with Gasteiger partial charge in [0.05, 0.1) is 14.6 Å². The summed E-state index contributed by atoms with van der Waals surface area (Å²) in [5, 5.41) is 0. The Kier molecular flexibility index (Phi) is 14.6. The molecule has 3 heteroatoms. The third-order valence-corrected chi connectivity index (χ3v) is 3.89. The number of rotatable bonds is 17. The van der Waals surface area contributed by atoms with Crippen LogP contribution < -0.4 is 0 Å². The van der Waals surface area contributed by atoms with Gasteiger partial charge in [-0.3, -0.25) is 4.79 Å². The molecule has 0 heterocycles. The summed E-state index contributed by atoms with van der Waals surface area (Å²) in [6, 6.07) is 0. The molecule has 0 spiro atoms. The highest BCUT2D eigenvalue weighted by molar-refractivity contribution is 5.67. The van der Waals surface area contributed by atoms with Crippen LogP contribution in [0, 0.1) is 0 Å². The fraction of sp³-hybridized carbons (Fsp3) is 0.762. The lowest BCUT2D eigenvalue weighted by atomic mass is 10.0. The number of ether oxygens (including phenoxy) is 2. The van der Waals surface area contributed by atoms with Gasteiger partial charge in [0.1, 0.15) is 5.76 Å². The van der Waals surface area contributed by atoms with Crippen molar-refractivity contribution in [1.29, 1.82) is 0 Å². The predicted molar refractivity (Wildman–Crippen MR) is 102 cm³/mol. The molecule has 0 N–H and O–H groups in total. The Balaban J connectivity index is 3.49. The molecule has 0 aliphatic carbocycles. The lowest BCUT2D eigenvalue weighted by Gasteiger charge is -2.08. The van der Waals surface area contributed by atoms with Crippen LogP contribution in [-0.4, -0.2) is 19.2 Å². The van der Waals surface area contributed by atoms with E-state index in [1.54, 1.807) is 0 Å². The molecule has 0 saturated carbocycles. The van der Waals surface area contributed by atoms with E-state index >= 15 is 0 Å². The van der Waals surface area contributed by atoms with Crippen LogP contribution in [0.5, 0.6) is 0 Å². The van der Waals surface area contributed by atoms with E-state index in [1.807, 2.05) is 0 Å². The molecule has 140 valence electrons. The number of carbonyl (C=O) groups excluding carboxylic acids is 1. The maximum atomic E-state index is 10.8. The normalized spacial score (nSPS) is 12.5. The van der Waals surface area contributed by atoms with Crippen molar-refractivity contribution in [3.8, 4) is 0 Å². The summed E-state index contributed by atoms with van der Waals surface area (Å²) < 4.78 is 18.2. The molecule has 3 nitrogen and oxygen atoms in total. The minimum Gasteiger partial charge on any atom is -0.432 e. The van der Waals surface area contributed by atoms with Gasteiger partial charge in [0.15, 0.2) is 0 Å². The fourth-order valence-electron chi connectivity index (χ4n) is 2.50. The smallest absolute Gasteiger partial charge is 0.307 e. The first kappa shape index (κ1) is 21.0. The maximum Gasteiger partial charge on any atom is 0.307 e. The second kappa shape index (κ2) is 16.8. The fourth-order valence-corrected chi connectivity index (χ4v) is 2.50. The lowest BCUT2D eigenvalue weighted by Crippen LogP contribution is -2.04. The van der Waals surface area contributed by atoms with E-state index < -0.39 is 6.58 Å². The molecule has 0 aromatic rings. The van der Waals surface area contributed by atoms with Crippen molar-refractivity contribution in [1.82, 2.24) is 0 Å². The van der Waals surface area contributed by atoms with Crippen molar-refractivity contribution in [2.45, 2.75) is 90.9 Å². The summed E-state index contributed by atoms with van der Waals surface area (Å²) in [5.74, 6) is -0.00204. The molecule has 0 aliphatic rings. The number of hydrogen-bond acceptors (Lipinski definition) is 3. The number of unbranched alkanes of at least 4 members (excludes halogenated alkanes) is 9. The van der Waals surface area contributed by atoms with Gasteiger partial charge in [0.2, 0.25) is 0 Å². The molecule has 0 radical (unpaired) electrons. The molecule has 0 fully saturated rings. The van der Waals surface area contributed by atoms with Crippen LogP contribution in [0.25, 0.3) is 0 Å². The van der Waals surface area contributed by atoms with Crippen molar-refractivity contribution in [2.75, 3.05) is 13.2 Å². The Morgan fingerprint density at radius 1 is 0.917 bits per heavy atom. The summed E-state index contributed by atoms with van der Waals surface area (Å²) in [7, 11) is 0. The Labute approximate surface area is 150 Å². The van der Waals surface area contributed by atoms with Gasteiger partial charge in [-0.1, -0.05) is 83.4 Å². The van der Waals surface area contributed by atoms with Crippen molar-refractivity contribution >= 4 is 5.97 Å². The van der Waals surface area contributed by atoms with Crippen LogP contribution in [0.4, 0.5) is 0 Å². The molecule has 0 rings (SSSR count). The van der Waals surface area contributed by atoms with Gasteiger partial charge in [0.25, 0.3) is 0 Å². The molecular formula is C21H38O3. The molecule has 0 aromatic heterocycles. The zero-order valence-electron chi connectivity index (χ0n) is 16.9. The summed E-state index contributed by atoms with van der Waals surface area (Å²) >= 11 is 0. The minimum absolute atomic E-state index is 0.317. The quantitative estimate of drug-likeness (QED) is 0.134. The first-order valence-electron chi connectivity index (χ1n) is 10.1. The number of esters is 1. The zero-order valence-corrected chi connectivity index (χ0v) is 15.9. The van der Waals surface area contributed by atoms with Crippen molar-refractivity contribution in [3.05, 3.63) is 24.5 Å². The Bertz CT molecular complexity index is 379. The minimum atomic E-state index is -0.705. The number of hydrogen-bond donors (Lipinski definition) is 0. The van der Waals surface area contributed by atoms with Gasteiger partial charge in [-0.05, 0) is 12.8 Å². The third-order valence-electron chi connectivity index (χ3n) is 3.89. The topological polar surface area (TPSA) is 35.5 Å². The van der Waals surface area contributed by atoms with Gasteiger partial charge < -0.3 is 9.47 Å². The van der Waals surface area contributed by atoms with Gasteiger partial charge in [-0.15, -0.1) is 0 Å². The van der Waals surface area contributed by atoms with E-state index in [2.05, 4.69) is 20.1 Å². The molecular weight excluding hydrogens is 300 g/mol. The monoisotopic (exact) mass is 339 g/mol. The first-order chi connectivity index (χ1) is 12.0. The standard InChI is InChI=1S/C21H38O3/c1-5-6-7-8-9-10-11-12-13-14-15-19(2)18-23-17-16-20(3)24-21(4)22/h2-3,5-18H2,1,4H3/i18D. The molecule has 0 aliphatic heterocycles. The molecule has 0 saturated heterocycles. The van der Waals surface area contributed by atoms with Crippen LogP contribution in [0.2, 0.25) is 0 Å². The SMILES string of the molecule is [2H]C(OCCC(=C)OC(C)=O)C(=C)CCCCCCCCCCCC. The van der Waals surface area contributed by atoms with Gasteiger partial charge in [-0.2, -0.15) is 0 Å². The average Bonchev–Trinajstić information content (AvgIpc) is 2.55. The van der Waals surface area contributed by atoms with E-state index in [-0.39, 0.29) is 5.97 Å². The predicted octanol–water partition coefficient (Wildman–Crippen LogP) is 6.34. The first-order valence-corrected chi connectivity index (χ1v) is 9.55. The van der Waals surface area contributed by atoms with Crippen LogP contribution in [0.15, 0.2) is 24.5 Å². The van der Waals surface area contributed by atoms with Gasteiger partial charge in [-0.25, -0.2) is 0 Å². The molecule has 24 heavy (non-hydrogen) atoms. The van der Waals surface area contributed by atoms with Gasteiger partial charge in [0, 0.05) is 13.3 Å². The Morgan fingerprint density at radius 2 is 1.46 bits per heavy atom. The van der Waals surface area contributed by atoms with Crippen molar-refractivity contribution < 1.29 is 15.6 Å². The van der Waals surface area contributed by atoms with Gasteiger partial charge >= 0.3 is 5.97 Å². The molecule has 1 unspecified atom stereocenters. The lowest BCUT2D eigenvalue weighted by molar-refractivity contribution is -0.137. The van der Waals surface area contributed by atoms with Crippen LogP contribution in [0.1, 0.15) is 92.3 Å². The van der Waals surface area contributed by atoms with E-state index in [1.165, 1.54) is 64.7 Å². The van der Waals surface area contributed by atoms with Crippen molar-refractivity contribution in [3.63, 3.8) is 0 Å². The zero-order chi connectivity index (χ0) is 18.9. The average molecular weight is 340 g/mol. The second-order valence-corrected chi connectivity index (χ2v) is 6.46. The van der Waals surface area contributed by atoms with Crippen LogP contribution in [-0.2, 0) is 14.3 Å². The molecule has 0 bridgehead atoms. The highest BCUT2D eigenvalue weighted by atomic mass is 16.5. The largest absolute Gasteiger partial charge is 0.432 e. The maximum absolute atomic E-state index is 10.8. The Morgan fingerprint density at radius 3 is 2.00 bits per heavy atom.